The molecule has 0 saturated heterocycles. The van der Waals surface area contributed by atoms with Crippen LogP contribution in [-0.2, 0) is 4.79 Å². The molecule has 8 heteroatoms. The summed E-state index contributed by atoms with van der Waals surface area (Å²) in [5.74, 6) is 0.201. The molecule has 3 aromatic carbocycles. The van der Waals surface area contributed by atoms with Gasteiger partial charge in [0.15, 0.2) is 16.9 Å². The Morgan fingerprint density at radius 3 is 2.74 bits per heavy atom. The molecule has 0 radical (unpaired) electrons. The van der Waals surface area contributed by atoms with Gasteiger partial charge in [-0.05, 0) is 59.7 Å². The number of aromatic nitrogens is 1. The minimum atomic E-state index is -0.364. The Balaban J connectivity index is 1.32. The van der Waals surface area contributed by atoms with E-state index in [9.17, 15) is 4.79 Å². The third kappa shape index (κ3) is 5.38. The number of carbonyl (C=O) groups excluding carboxylic acids is 1. The molecule has 4 aromatic rings. The molecule has 0 spiro atoms. The van der Waals surface area contributed by atoms with Crippen molar-refractivity contribution in [3.05, 3.63) is 76.6 Å². The minimum Gasteiger partial charge on any atom is -0.484 e. The van der Waals surface area contributed by atoms with Gasteiger partial charge >= 0.3 is 0 Å². The van der Waals surface area contributed by atoms with E-state index in [4.69, 9.17) is 28.6 Å². The van der Waals surface area contributed by atoms with E-state index in [1.165, 1.54) is 16.7 Å². The monoisotopic (exact) mass is 467 g/mol. The molecule has 0 aliphatic heterocycles. The number of aryl methyl sites for hydroxylation is 1. The zero-order valence-corrected chi connectivity index (χ0v) is 18.9. The van der Waals surface area contributed by atoms with E-state index in [2.05, 4.69) is 39.9 Å². The van der Waals surface area contributed by atoms with Crippen molar-refractivity contribution in [3.63, 3.8) is 0 Å². The molecule has 2 N–H and O–H groups in total. The summed E-state index contributed by atoms with van der Waals surface area (Å²) in [6.07, 6.45) is 0. The van der Waals surface area contributed by atoms with Gasteiger partial charge in [-0.3, -0.25) is 10.1 Å². The molecule has 0 bridgehead atoms. The fraction of sp³-hybridized carbons (Fsp3) is 0.0870. The second-order valence-electron chi connectivity index (χ2n) is 6.80. The number of nitrogens with zero attached hydrogens (tertiary/aromatic N) is 1. The number of halogens is 1. The molecule has 0 unspecified atom stereocenters. The number of thiocarbonyl (C=S) groups is 1. The largest absolute Gasteiger partial charge is 0.484 e. The number of ether oxygens (including phenoxy) is 1. The lowest BCUT2D eigenvalue weighted by molar-refractivity contribution is -0.121. The Morgan fingerprint density at radius 2 is 1.94 bits per heavy atom. The quantitative estimate of drug-likeness (QED) is 0.362. The van der Waals surface area contributed by atoms with Gasteiger partial charge in [0.1, 0.15) is 5.75 Å². The van der Waals surface area contributed by atoms with E-state index in [-0.39, 0.29) is 17.6 Å². The molecule has 31 heavy (non-hydrogen) atoms. The maximum atomic E-state index is 12.1. The van der Waals surface area contributed by atoms with Crippen LogP contribution in [0.3, 0.4) is 0 Å². The van der Waals surface area contributed by atoms with Crippen molar-refractivity contribution in [1.82, 2.24) is 10.3 Å². The average molecular weight is 468 g/mol. The second-order valence-corrected chi connectivity index (χ2v) is 8.48. The number of thiazole rings is 1. The highest BCUT2D eigenvalue weighted by Crippen LogP contribution is 2.27. The number of hydrogen-bond acceptors (Lipinski definition) is 5. The van der Waals surface area contributed by atoms with E-state index < -0.39 is 0 Å². The summed E-state index contributed by atoms with van der Waals surface area (Å²) in [7, 11) is 0. The second kappa shape index (κ2) is 9.43. The van der Waals surface area contributed by atoms with E-state index >= 15 is 0 Å². The Bertz CT molecular complexity index is 1270. The van der Waals surface area contributed by atoms with Crippen LogP contribution in [0.25, 0.3) is 22.0 Å². The maximum Gasteiger partial charge on any atom is 0.264 e. The number of carbonyl (C=O) groups is 1. The number of anilines is 1. The highest BCUT2D eigenvalue weighted by atomic mass is 35.5. The number of nitrogens with one attached hydrogen (secondary N) is 2. The van der Waals surface area contributed by atoms with Crippen LogP contribution in [0.1, 0.15) is 5.56 Å². The van der Waals surface area contributed by atoms with Crippen molar-refractivity contribution >= 4 is 62.1 Å². The Kier molecular flexibility index (Phi) is 6.46. The summed E-state index contributed by atoms with van der Waals surface area (Å²) in [6.45, 7) is 1.71. The first-order valence-corrected chi connectivity index (χ1v) is 11.1. The molecule has 0 atom stereocenters. The van der Waals surface area contributed by atoms with Gasteiger partial charge < -0.3 is 10.1 Å². The van der Waals surface area contributed by atoms with Crippen LogP contribution >= 0.6 is 35.2 Å². The number of rotatable bonds is 5. The van der Waals surface area contributed by atoms with Crippen molar-refractivity contribution in [2.75, 3.05) is 11.9 Å². The van der Waals surface area contributed by atoms with Gasteiger partial charge in [-0.2, -0.15) is 0 Å². The molecule has 1 amide bonds. The van der Waals surface area contributed by atoms with Gasteiger partial charge in [0.25, 0.3) is 5.91 Å². The highest BCUT2D eigenvalue weighted by Gasteiger charge is 2.10. The van der Waals surface area contributed by atoms with Crippen LogP contribution in [0, 0.1) is 6.92 Å². The highest BCUT2D eigenvalue weighted by molar-refractivity contribution is 7.80. The number of benzene rings is 3. The third-order valence-corrected chi connectivity index (χ3v) is 5.91. The molecule has 1 aromatic heterocycles. The zero-order chi connectivity index (χ0) is 21.8. The topological polar surface area (TPSA) is 63.2 Å². The van der Waals surface area contributed by atoms with Crippen LogP contribution in [-0.4, -0.2) is 22.6 Å². The summed E-state index contributed by atoms with van der Waals surface area (Å²) in [4.78, 5) is 16.7. The van der Waals surface area contributed by atoms with Gasteiger partial charge in [0.2, 0.25) is 0 Å². The van der Waals surface area contributed by atoms with E-state index in [1.54, 1.807) is 18.2 Å². The molecular weight excluding hydrogens is 450 g/mol. The predicted molar refractivity (Wildman–Crippen MR) is 131 cm³/mol. The van der Waals surface area contributed by atoms with Gasteiger partial charge in [0, 0.05) is 16.0 Å². The molecule has 5 nitrogen and oxygen atoms in total. The average Bonchev–Trinajstić information content (AvgIpc) is 3.22. The van der Waals surface area contributed by atoms with E-state index in [0.29, 0.717) is 15.9 Å². The summed E-state index contributed by atoms with van der Waals surface area (Å²) in [6, 6.07) is 19.6. The number of hydrogen-bond donors (Lipinski definition) is 2. The van der Waals surface area contributed by atoms with Crippen LogP contribution < -0.4 is 15.4 Å². The first kappa shape index (κ1) is 21.2. The summed E-state index contributed by atoms with van der Waals surface area (Å²) in [5, 5.41) is 11.2. The van der Waals surface area contributed by atoms with Crippen molar-refractivity contribution in [1.29, 1.82) is 0 Å². The zero-order valence-electron chi connectivity index (χ0n) is 16.5. The van der Waals surface area contributed by atoms with Crippen LogP contribution in [0.2, 0.25) is 5.02 Å². The number of amides is 1. The predicted octanol–water partition coefficient (Wildman–Crippen LogP) is 5.82. The van der Waals surface area contributed by atoms with Crippen molar-refractivity contribution in [3.8, 4) is 17.0 Å². The molecule has 156 valence electrons. The minimum absolute atomic E-state index is 0.164. The van der Waals surface area contributed by atoms with Gasteiger partial charge in [0.05, 0.1) is 5.69 Å². The van der Waals surface area contributed by atoms with Gasteiger partial charge in [-0.25, -0.2) is 4.98 Å². The molecule has 0 aliphatic carbocycles. The SMILES string of the molecule is Cc1cc(OCC(=O)NC(=S)Nc2nc(-c3ccc4ccccc4c3)cs2)ccc1Cl. The molecule has 0 fully saturated rings. The van der Waals surface area contributed by atoms with Crippen LogP contribution in [0.15, 0.2) is 66.0 Å². The van der Waals surface area contributed by atoms with Gasteiger partial charge in [-0.1, -0.05) is 48.0 Å². The van der Waals surface area contributed by atoms with Crippen LogP contribution in [0.5, 0.6) is 5.75 Å². The summed E-state index contributed by atoms with van der Waals surface area (Å²) < 4.78 is 5.48. The third-order valence-electron chi connectivity index (χ3n) is 4.52. The van der Waals surface area contributed by atoms with Crippen molar-refractivity contribution < 1.29 is 9.53 Å². The van der Waals surface area contributed by atoms with Crippen molar-refractivity contribution in [2.45, 2.75) is 6.92 Å². The standard InChI is InChI=1S/C23H18ClN3O2S2/c1-14-10-18(8-9-19(14)24)29-12-21(28)26-22(30)27-23-25-20(13-31-23)17-7-6-15-4-2-3-5-16(15)11-17/h2-11,13H,12H2,1H3,(H2,25,26,27,28,30). The Morgan fingerprint density at radius 1 is 1.13 bits per heavy atom. The van der Waals surface area contributed by atoms with Crippen LogP contribution in [0.4, 0.5) is 5.13 Å². The molecule has 4 rings (SSSR count). The molecule has 0 saturated carbocycles. The molecule has 1 heterocycles. The first-order chi connectivity index (χ1) is 15.0. The fourth-order valence-electron chi connectivity index (χ4n) is 2.96. The van der Waals surface area contributed by atoms with E-state index in [0.717, 1.165) is 22.2 Å². The number of fused-ring (bicyclic) bond motifs is 1. The Labute approximate surface area is 194 Å². The summed E-state index contributed by atoms with van der Waals surface area (Å²) in [5.41, 5.74) is 2.74. The lowest BCUT2D eigenvalue weighted by Crippen LogP contribution is -2.37. The molecular formula is C23H18ClN3O2S2. The summed E-state index contributed by atoms with van der Waals surface area (Å²) >= 11 is 12.6. The lowest BCUT2D eigenvalue weighted by atomic mass is 10.1. The fourth-order valence-corrected chi connectivity index (χ4v) is 4.08. The van der Waals surface area contributed by atoms with Crippen molar-refractivity contribution in [2.24, 2.45) is 0 Å². The first-order valence-electron chi connectivity index (χ1n) is 9.42. The van der Waals surface area contributed by atoms with Gasteiger partial charge in [-0.15, -0.1) is 11.3 Å². The molecule has 0 aliphatic rings. The maximum absolute atomic E-state index is 12.1. The normalized spacial score (nSPS) is 10.6. The Hall–Kier alpha value is -3.00. The van der Waals surface area contributed by atoms with E-state index in [1.807, 2.05) is 30.5 Å². The smallest absolute Gasteiger partial charge is 0.264 e. The lowest BCUT2D eigenvalue weighted by Gasteiger charge is -2.09.